The van der Waals surface area contributed by atoms with Crippen molar-refractivity contribution in [3.8, 4) is 0 Å². The molecule has 0 aliphatic heterocycles. The summed E-state index contributed by atoms with van der Waals surface area (Å²) in [5, 5.41) is 2.27. The van der Waals surface area contributed by atoms with E-state index in [2.05, 4.69) is 18.2 Å². The van der Waals surface area contributed by atoms with Crippen LogP contribution in [0.4, 0.5) is 0 Å². The minimum absolute atomic E-state index is 0.154. The van der Waals surface area contributed by atoms with E-state index in [4.69, 9.17) is 0 Å². The maximum Gasteiger partial charge on any atom is 0.180 e. The Kier molecular flexibility index (Phi) is 4.54. The molecule has 2 nitrogen and oxygen atoms in total. The number of nitrogens with zero attached hydrogens (tertiary/aromatic N) is 1. The number of ketones is 1. The van der Waals surface area contributed by atoms with E-state index in [9.17, 15) is 4.79 Å². The number of Topliss-reactive ketones (excluding diaryl/α,β-unsaturated/α-hetero) is 1. The summed E-state index contributed by atoms with van der Waals surface area (Å²) in [7, 11) is 3.93. The third kappa shape index (κ3) is 3.49. The predicted octanol–water partition coefficient (Wildman–Crippen LogP) is 4.20. The average molecular weight is 303 g/mol. The van der Waals surface area contributed by atoms with E-state index in [1.54, 1.807) is 0 Å². The molecule has 3 rings (SSSR count). The molecule has 0 bridgehead atoms. The molecular formula is C21H21NO. The number of rotatable bonds is 5. The third-order valence-electron chi connectivity index (χ3n) is 4.23. The highest BCUT2D eigenvalue weighted by Gasteiger charge is 2.22. The summed E-state index contributed by atoms with van der Waals surface area (Å²) in [5.41, 5.74) is 1.96. The predicted molar refractivity (Wildman–Crippen MR) is 95.9 cm³/mol. The number of hydrogen-bond donors (Lipinski definition) is 0. The summed E-state index contributed by atoms with van der Waals surface area (Å²) >= 11 is 0. The zero-order valence-electron chi connectivity index (χ0n) is 13.6. The highest BCUT2D eigenvalue weighted by molar-refractivity contribution is 6.03. The molecule has 3 aromatic carbocycles. The number of carbonyl (C=O) groups excluding carboxylic acids is 1. The molecule has 0 spiro atoms. The largest absolute Gasteiger partial charge is 0.299 e. The average Bonchev–Trinajstić information content (AvgIpc) is 2.59. The molecule has 116 valence electrons. The van der Waals surface area contributed by atoms with E-state index in [1.165, 1.54) is 5.56 Å². The zero-order valence-corrected chi connectivity index (χ0v) is 13.6. The van der Waals surface area contributed by atoms with Gasteiger partial charge in [0.25, 0.3) is 0 Å². The Morgan fingerprint density at radius 1 is 0.870 bits per heavy atom. The highest BCUT2D eigenvalue weighted by atomic mass is 16.1. The van der Waals surface area contributed by atoms with Crippen molar-refractivity contribution in [2.24, 2.45) is 0 Å². The number of fused-ring (bicyclic) bond motifs is 1. The van der Waals surface area contributed by atoms with Crippen molar-refractivity contribution in [3.63, 3.8) is 0 Å². The van der Waals surface area contributed by atoms with Gasteiger partial charge in [-0.2, -0.15) is 0 Å². The van der Waals surface area contributed by atoms with Crippen LogP contribution in [0.1, 0.15) is 15.9 Å². The van der Waals surface area contributed by atoms with Gasteiger partial charge in [0.15, 0.2) is 5.78 Å². The van der Waals surface area contributed by atoms with Gasteiger partial charge in [-0.05, 0) is 42.9 Å². The van der Waals surface area contributed by atoms with Crippen molar-refractivity contribution in [2.75, 3.05) is 14.1 Å². The molecule has 0 radical (unpaired) electrons. The summed E-state index contributed by atoms with van der Waals surface area (Å²) < 4.78 is 0. The van der Waals surface area contributed by atoms with Crippen LogP contribution in [0.25, 0.3) is 10.8 Å². The first-order valence-corrected chi connectivity index (χ1v) is 7.88. The van der Waals surface area contributed by atoms with E-state index in [1.807, 2.05) is 73.6 Å². The number of benzene rings is 3. The molecule has 0 fully saturated rings. The van der Waals surface area contributed by atoms with E-state index in [0.29, 0.717) is 0 Å². The van der Waals surface area contributed by atoms with Gasteiger partial charge in [-0.1, -0.05) is 66.7 Å². The summed E-state index contributed by atoms with van der Waals surface area (Å²) in [6.45, 7) is 0. The Morgan fingerprint density at radius 3 is 2.22 bits per heavy atom. The maximum absolute atomic E-state index is 13.0. The van der Waals surface area contributed by atoms with Crippen LogP contribution in [-0.2, 0) is 6.42 Å². The standard InChI is InChI=1S/C21H21NO/c1-22(2)20(14-16-8-4-3-5-9-16)21(23)19-13-12-17-10-6-7-11-18(17)15-19/h3-13,15,20H,14H2,1-2H3. The fourth-order valence-corrected chi connectivity index (χ4v) is 2.88. The second kappa shape index (κ2) is 6.76. The van der Waals surface area contributed by atoms with Crippen molar-refractivity contribution in [1.82, 2.24) is 4.90 Å². The van der Waals surface area contributed by atoms with Crippen molar-refractivity contribution in [3.05, 3.63) is 83.9 Å². The molecular weight excluding hydrogens is 282 g/mol. The molecule has 3 aromatic rings. The van der Waals surface area contributed by atoms with Crippen molar-refractivity contribution in [1.29, 1.82) is 0 Å². The zero-order chi connectivity index (χ0) is 16.2. The number of likely N-dealkylation sites (N-methyl/N-ethyl adjacent to an activating group) is 1. The Morgan fingerprint density at radius 2 is 1.52 bits per heavy atom. The van der Waals surface area contributed by atoms with Crippen molar-refractivity contribution < 1.29 is 4.79 Å². The first-order chi connectivity index (χ1) is 11.1. The molecule has 0 amide bonds. The van der Waals surface area contributed by atoms with Gasteiger partial charge >= 0.3 is 0 Å². The Bertz CT molecular complexity index is 808. The summed E-state index contributed by atoms with van der Waals surface area (Å²) in [6, 6.07) is 24.1. The number of carbonyl (C=O) groups is 1. The summed E-state index contributed by atoms with van der Waals surface area (Å²) in [6.07, 6.45) is 0.722. The fraction of sp³-hybridized carbons (Fsp3) is 0.190. The van der Waals surface area contributed by atoms with Gasteiger partial charge in [0.1, 0.15) is 0 Å². The molecule has 0 saturated heterocycles. The van der Waals surface area contributed by atoms with E-state index >= 15 is 0 Å². The van der Waals surface area contributed by atoms with Crippen LogP contribution in [0.5, 0.6) is 0 Å². The molecule has 0 N–H and O–H groups in total. The van der Waals surface area contributed by atoms with Gasteiger partial charge < -0.3 is 0 Å². The Labute approximate surface area is 137 Å². The Balaban J connectivity index is 1.90. The van der Waals surface area contributed by atoms with Gasteiger partial charge in [-0.25, -0.2) is 0 Å². The molecule has 0 saturated carbocycles. The first-order valence-electron chi connectivity index (χ1n) is 7.88. The minimum Gasteiger partial charge on any atom is -0.299 e. The molecule has 0 aliphatic rings. The van der Waals surface area contributed by atoms with E-state index in [0.717, 1.165) is 22.8 Å². The lowest BCUT2D eigenvalue weighted by molar-refractivity contribution is 0.0875. The molecule has 23 heavy (non-hydrogen) atoms. The minimum atomic E-state index is -0.154. The number of hydrogen-bond acceptors (Lipinski definition) is 2. The first kappa shape index (κ1) is 15.4. The van der Waals surface area contributed by atoms with E-state index in [-0.39, 0.29) is 11.8 Å². The van der Waals surface area contributed by atoms with Crippen LogP contribution in [0.3, 0.4) is 0 Å². The van der Waals surface area contributed by atoms with Crippen LogP contribution in [-0.4, -0.2) is 30.8 Å². The lowest BCUT2D eigenvalue weighted by Crippen LogP contribution is -2.37. The van der Waals surface area contributed by atoms with Gasteiger partial charge in [-0.15, -0.1) is 0 Å². The topological polar surface area (TPSA) is 20.3 Å². The summed E-state index contributed by atoms with van der Waals surface area (Å²) in [4.78, 5) is 15.0. The highest BCUT2D eigenvalue weighted by Crippen LogP contribution is 2.19. The van der Waals surface area contributed by atoms with Crippen LogP contribution in [0.2, 0.25) is 0 Å². The lowest BCUT2D eigenvalue weighted by atomic mass is 9.95. The molecule has 1 atom stereocenters. The van der Waals surface area contributed by atoms with Gasteiger partial charge in [-0.3, -0.25) is 9.69 Å². The smallest absolute Gasteiger partial charge is 0.180 e. The summed E-state index contributed by atoms with van der Waals surface area (Å²) in [5.74, 6) is 0.171. The molecule has 0 heterocycles. The van der Waals surface area contributed by atoms with Gasteiger partial charge in [0, 0.05) is 5.56 Å². The molecule has 0 aromatic heterocycles. The Hall–Kier alpha value is -2.45. The molecule has 0 aliphatic carbocycles. The molecule has 2 heteroatoms. The third-order valence-corrected chi connectivity index (χ3v) is 4.23. The van der Waals surface area contributed by atoms with Crippen LogP contribution < -0.4 is 0 Å². The van der Waals surface area contributed by atoms with E-state index < -0.39 is 0 Å². The quantitative estimate of drug-likeness (QED) is 0.659. The fourth-order valence-electron chi connectivity index (χ4n) is 2.88. The normalized spacial score (nSPS) is 12.5. The van der Waals surface area contributed by atoms with Crippen LogP contribution in [0.15, 0.2) is 72.8 Å². The second-order valence-electron chi connectivity index (χ2n) is 6.10. The maximum atomic E-state index is 13.0. The van der Waals surface area contributed by atoms with Crippen molar-refractivity contribution >= 4 is 16.6 Å². The van der Waals surface area contributed by atoms with Crippen LogP contribution in [0, 0.1) is 0 Å². The van der Waals surface area contributed by atoms with Crippen molar-refractivity contribution in [2.45, 2.75) is 12.5 Å². The SMILES string of the molecule is CN(C)C(Cc1ccccc1)C(=O)c1ccc2ccccc2c1. The lowest BCUT2D eigenvalue weighted by Gasteiger charge is -2.23. The van der Waals surface area contributed by atoms with Crippen LogP contribution >= 0.6 is 0 Å². The molecule has 1 unspecified atom stereocenters. The second-order valence-corrected chi connectivity index (χ2v) is 6.10. The van der Waals surface area contributed by atoms with Gasteiger partial charge in [0.2, 0.25) is 0 Å². The monoisotopic (exact) mass is 303 g/mol. The van der Waals surface area contributed by atoms with Gasteiger partial charge in [0.05, 0.1) is 6.04 Å².